The molecule has 0 amide bonds. The van der Waals surface area contributed by atoms with Crippen LogP contribution in [0.3, 0.4) is 0 Å². The third-order valence-corrected chi connectivity index (χ3v) is 6.11. The first kappa shape index (κ1) is 15.7. The van der Waals surface area contributed by atoms with Crippen LogP contribution in [0.2, 0.25) is 0 Å². The van der Waals surface area contributed by atoms with Crippen LogP contribution in [0.4, 0.5) is 0 Å². The molecule has 0 saturated carbocycles. The molecule has 0 saturated heterocycles. The highest BCUT2D eigenvalue weighted by Gasteiger charge is 2.27. The second-order valence-electron chi connectivity index (χ2n) is 4.24. The zero-order chi connectivity index (χ0) is 14.7. The van der Waals surface area contributed by atoms with Crippen molar-refractivity contribution in [3.63, 3.8) is 0 Å². The molecule has 0 spiro atoms. The van der Waals surface area contributed by atoms with E-state index in [1.807, 2.05) is 24.3 Å². The summed E-state index contributed by atoms with van der Waals surface area (Å²) >= 11 is 10.3. The highest BCUT2D eigenvalue weighted by molar-refractivity contribution is 9.12. The molecule has 0 heterocycles. The van der Waals surface area contributed by atoms with Gasteiger partial charge in [0.05, 0.1) is 15.2 Å². The Morgan fingerprint density at radius 1 is 1.00 bits per heavy atom. The van der Waals surface area contributed by atoms with Crippen molar-refractivity contribution in [2.24, 2.45) is 0 Å². The van der Waals surface area contributed by atoms with Gasteiger partial charge in [-0.05, 0) is 29.8 Å². The van der Waals surface area contributed by atoms with E-state index in [2.05, 4.69) is 47.8 Å². The van der Waals surface area contributed by atoms with Crippen LogP contribution in [0.25, 0.3) is 0 Å². The number of phenolic OH excluding ortho intramolecular Hbond substituents is 1. The van der Waals surface area contributed by atoms with Crippen molar-refractivity contribution < 1.29 is 9.90 Å². The van der Waals surface area contributed by atoms with E-state index in [1.54, 1.807) is 18.2 Å². The Morgan fingerprint density at radius 2 is 1.60 bits per heavy atom. The van der Waals surface area contributed by atoms with Crippen molar-refractivity contribution >= 4 is 53.6 Å². The second kappa shape index (κ2) is 6.87. The largest absolute Gasteiger partial charge is 0.507 e. The Kier molecular flexibility index (Phi) is 5.41. The van der Waals surface area contributed by atoms with Crippen LogP contribution < -0.4 is 0 Å². The van der Waals surface area contributed by atoms with Gasteiger partial charge in [0.1, 0.15) is 5.75 Å². The monoisotopic (exact) mass is 460 g/mol. The van der Waals surface area contributed by atoms with E-state index >= 15 is 0 Å². The summed E-state index contributed by atoms with van der Waals surface area (Å²) in [5, 5.41) is 9.76. The Labute approximate surface area is 142 Å². The third kappa shape index (κ3) is 3.51. The van der Waals surface area contributed by atoms with Gasteiger partial charge in [-0.2, -0.15) is 0 Å². The highest BCUT2D eigenvalue weighted by atomic mass is 79.9. The van der Waals surface area contributed by atoms with Gasteiger partial charge >= 0.3 is 0 Å². The smallest absolute Gasteiger partial charge is 0.181 e. The molecule has 0 aromatic heterocycles. The van der Waals surface area contributed by atoms with Gasteiger partial charge in [-0.3, -0.25) is 4.79 Å². The molecular weight excluding hydrogens is 452 g/mol. The number of aromatic hydroxyl groups is 1. The fourth-order valence-corrected chi connectivity index (χ4v) is 3.14. The molecule has 2 aromatic rings. The first-order chi connectivity index (χ1) is 9.50. The molecule has 0 radical (unpaired) electrons. The third-order valence-electron chi connectivity index (χ3n) is 2.87. The van der Waals surface area contributed by atoms with Crippen LogP contribution in [0.15, 0.2) is 53.0 Å². The number of hydrogen-bond acceptors (Lipinski definition) is 2. The van der Waals surface area contributed by atoms with Gasteiger partial charge in [0.15, 0.2) is 5.78 Å². The van der Waals surface area contributed by atoms with Crippen molar-refractivity contribution in [2.75, 3.05) is 0 Å². The zero-order valence-electron chi connectivity index (χ0n) is 10.3. The lowest BCUT2D eigenvalue weighted by Crippen LogP contribution is -2.19. The van der Waals surface area contributed by atoms with Crippen LogP contribution >= 0.6 is 47.8 Å². The van der Waals surface area contributed by atoms with E-state index in [4.69, 9.17) is 0 Å². The van der Waals surface area contributed by atoms with Gasteiger partial charge < -0.3 is 5.11 Å². The van der Waals surface area contributed by atoms with Crippen molar-refractivity contribution in [3.8, 4) is 5.75 Å². The summed E-state index contributed by atoms with van der Waals surface area (Å²) in [6.45, 7) is 0. The number of ketones is 1. The van der Waals surface area contributed by atoms with E-state index in [9.17, 15) is 9.90 Å². The van der Waals surface area contributed by atoms with E-state index in [1.165, 1.54) is 6.07 Å². The predicted octanol–water partition coefficient (Wildman–Crippen LogP) is 5.24. The minimum absolute atomic E-state index is 0.00236. The number of benzene rings is 2. The summed E-state index contributed by atoms with van der Waals surface area (Å²) in [4.78, 5) is 11.8. The van der Waals surface area contributed by atoms with Crippen LogP contribution in [0, 0.1) is 0 Å². The molecule has 0 fully saturated rings. The summed E-state index contributed by atoms with van der Waals surface area (Å²) in [7, 11) is 0. The molecule has 0 aliphatic carbocycles. The summed E-state index contributed by atoms with van der Waals surface area (Å²) in [5.74, 6) is -0.162. The quantitative estimate of drug-likeness (QED) is 0.498. The Bertz CT molecular complexity index is 611. The molecule has 0 aliphatic heterocycles. The number of carbonyl (C=O) groups is 1. The van der Waals surface area contributed by atoms with Crippen molar-refractivity contribution in [2.45, 2.75) is 9.65 Å². The van der Waals surface area contributed by atoms with Crippen LogP contribution in [-0.4, -0.2) is 15.7 Å². The molecule has 0 bridgehead atoms. The molecular formula is C15H11Br3O2. The molecule has 2 nitrogen and oxygen atoms in total. The maximum Gasteiger partial charge on any atom is 0.181 e. The molecule has 104 valence electrons. The topological polar surface area (TPSA) is 37.3 Å². The van der Waals surface area contributed by atoms with Gasteiger partial charge in [0, 0.05) is 4.47 Å². The molecule has 2 aromatic carbocycles. The lowest BCUT2D eigenvalue weighted by molar-refractivity contribution is 0.0988. The van der Waals surface area contributed by atoms with Gasteiger partial charge in [0.25, 0.3) is 0 Å². The summed E-state index contributed by atoms with van der Waals surface area (Å²) < 4.78 is 0.985. The first-order valence-corrected chi connectivity index (χ1v) is 8.49. The number of phenols is 1. The summed E-state index contributed by atoms with van der Waals surface area (Å²) in [5.41, 5.74) is 1.30. The Hall–Kier alpha value is -0.650. The average molecular weight is 463 g/mol. The lowest BCUT2D eigenvalue weighted by Gasteiger charge is -2.17. The SMILES string of the molecule is O=C(c1ccccc1O)[C@H](Br)[C@H](Br)c1ccc(Br)cc1. The zero-order valence-corrected chi connectivity index (χ0v) is 15.0. The van der Waals surface area contributed by atoms with Gasteiger partial charge in [-0.15, -0.1) is 0 Å². The number of alkyl halides is 2. The second-order valence-corrected chi connectivity index (χ2v) is 7.13. The fraction of sp³-hybridized carbons (Fsp3) is 0.133. The molecule has 20 heavy (non-hydrogen) atoms. The average Bonchev–Trinajstić information content (AvgIpc) is 2.46. The highest BCUT2D eigenvalue weighted by Crippen LogP contribution is 2.35. The number of Topliss-reactive ketones (excluding diaryl/α,β-unsaturated/α-hetero) is 1. The Balaban J connectivity index is 2.22. The molecule has 2 rings (SSSR count). The number of para-hydroxylation sites is 1. The van der Waals surface area contributed by atoms with E-state index < -0.39 is 4.83 Å². The van der Waals surface area contributed by atoms with Gasteiger partial charge in [-0.25, -0.2) is 0 Å². The molecule has 5 heteroatoms. The van der Waals surface area contributed by atoms with Crippen molar-refractivity contribution in [1.82, 2.24) is 0 Å². The van der Waals surface area contributed by atoms with E-state index in [0.717, 1.165) is 10.0 Å². The molecule has 1 N–H and O–H groups in total. The normalized spacial score (nSPS) is 13.8. The van der Waals surface area contributed by atoms with E-state index in [0.29, 0.717) is 5.56 Å². The predicted molar refractivity (Wildman–Crippen MR) is 91.0 cm³/mol. The minimum atomic E-state index is -0.461. The molecule has 0 aliphatic rings. The number of rotatable bonds is 4. The summed E-state index contributed by atoms with van der Waals surface area (Å²) in [6.07, 6.45) is 0. The number of carbonyl (C=O) groups excluding carboxylic acids is 1. The van der Waals surface area contributed by atoms with Crippen molar-refractivity contribution in [1.29, 1.82) is 0 Å². The standard InChI is InChI=1S/C15H11Br3O2/c16-10-7-5-9(6-8-10)13(17)14(18)15(20)11-3-1-2-4-12(11)19/h1-8,13-14,19H/t13-,14-/m1/s1. The maximum atomic E-state index is 12.4. The van der Waals surface area contributed by atoms with Gasteiger partial charge in [-0.1, -0.05) is 72.1 Å². The van der Waals surface area contributed by atoms with Crippen LogP contribution in [-0.2, 0) is 0 Å². The first-order valence-electron chi connectivity index (χ1n) is 5.86. The maximum absolute atomic E-state index is 12.4. The number of halogens is 3. The van der Waals surface area contributed by atoms with Crippen LogP contribution in [0.1, 0.15) is 20.7 Å². The summed E-state index contributed by atoms with van der Waals surface area (Å²) in [6, 6.07) is 14.3. The minimum Gasteiger partial charge on any atom is -0.507 e. The molecule has 0 unspecified atom stereocenters. The van der Waals surface area contributed by atoms with Crippen LogP contribution in [0.5, 0.6) is 5.75 Å². The van der Waals surface area contributed by atoms with Crippen molar-refractivity contribution in [3.05, 3.63) is 64.1 Å². The lowest BCUT2D eigenvalue weighted by atomic mass is 10.0. The van der Waals surface area contributed by atoms with Gasteiger partial charge in [0.2, 0.25) is 0 Å². The fourth-order valence-electron chi connectivity index (χ4n) is 1.78. The number of hydrogen-bond donors (Lipinski definition) is 1. The molecule has 2 atom stereocenters. The van der Waals surface area contributed by atoms with E-state index in [-0.39, 0.29) is 16.4 Å². The Morgan fingerprint density at radius 3 is 2.20 bits per heavy atom.